The highest BCUT2D eigenvalue weighted by atomic mass is 32.2. The van der Waals surface area contributed by atoms with E-state index >= 15 is 0 Å². The number of halogens is 3. The van der Waals surface area contributed by atoms with Crippen LogP contribution in [0.4, 0.5) is 19.1 Å². The number of amides is 1. The van der Waals surface area contributed by atoms with E-state index in [9.17, 15) is 31.2 Å². The van der Waals surface area contributed by atoms with Gasteiger partial charge in [0.05, 0.1) is 33.3 Å². The fraction of sp³-hybridized carbons (Fsp3) is 0.429. The van der Waals surface area contributed by atoms with E-state index in [1.165, 1.54) is 10.9 Å². The highest BCUT2D eigenvalue weighted by molar-refractivity contribution is 7.88. The molecule has 6 rings (SSSR count). The van der Waals surface area contributed by atoms with Crippen molar-refractivity contribution in [3.05, 3.63) is 112 Å². The predicted molar refractivity (Wildman–Crippen MR) is 225 cm³/mol. The van der Waals surface area contributed by atoms with Crippen molar-refractivity contribution in [2.24, 2.45) is 5.92 Å². The van der Waals surface area contributed by atoms with Crippen molar-refractivity contribution in [3.63, 3.8) is 0 Å². The van der Waals surface area contributed by atoms with Crippen LogP contribution in [0.1, 0.15) is 70.9 Å². The lowest BCUT2D eigenvalue weighted by Gasteiger charge is -2.40. The Hall–Kier alpha value is -5.12. The number of benzene rings is 3. The van der Waals surface area contributed by atoms with Crippen LogP contribution >= 0.6 is 0 Å². The molecular weight excluding hydrogens is 852 g/mol. The van der Waals surface area contributed by atoms with Crippen LogP contribution in [-0.4, -0.2) is 80.9 Å². The molecule has 1 aliphatic rings. The quantitative estimate of drug-likeness (QED) is 0.0532. The fourth-order valence-corrected chi connectivity index (χ4v) is 13.5. The van der Waals surface area contributed by atoms with Gasteiger partial charge in [-0.15, -0.1) is 0 Å². The smallest absolute Gasteiger partial charge is 0.497 e. The maximum absolute atomic E-state index is 14.0. The largest absolute Gasteiger partial charge is 0.522 e. The van der Waals surface area contributed by atoms with Gasteiger partial charge in [0.25, 0.3) is 5.56 Å². The standard InChI is InChI=1S/C42H50F3N5O10SSi/c1-25(2)38(51)48-40-47-37-36(39(52)49-40)46-24-50(37)35-22-33(59-62(26(3)4,27(5)6)60-61(53,54)42(43,44)45)34(58-35)23-57-41(28-12-10-9-11-13-28,29-14-18-31(55-7)19-15-29)30-16-20-32(56-8)21-17-30/h9-21,24-27,33-35H,22-23H2,1-8H3,(H2,47,48,49,51,52)/t33-,34+,35+/m0/s1. The van der Waals surface area contributed by atoms with E-state index in [2.05, 4.69) is 20.3 Å². The van der Waals surface area contributed by atoms with Crippen molar-refractivity contribution < 1.29 is 53.6 Å². The summed E-state index contributed by atoms with van der Waals surface area (Å²) < 4.78 is 106. The number of hydrogen-bond acceptors (Lipinski definition) is 12. The lowest BCUT2D eigenvalue weighted by atomic mass is 9.80. The lowest BCUT2D eigenvalue weighted by molar-refractivity contribution is -0.118. The highest BCUT2D eigenvalue weighted by Crippen LogP contribution is 2.46. The molecule has 1 aliphatic heterocycles. The first kappa shape index (κ1) is 46.4. The SMILES string of the molecule is COc1ccc(C(OC[C@H]2O[C@@H](n3cnc4c(=O)[nH]c(NC(=O)C(C)C)nc43)C[C@@H]2O[Si](OS(=O)(=O)C(F)(F)F)(C(C)C)C(C)C)(c2ccccc2)c2ccc(OC)cc2)cc1. The topological polar surface area (TPSA) is 182 Å². The lowest BCUT2D eigenvalue weighted by Crippen LogP contribution is -2.55. The average molecular weight is 902 g/mol. The Morgan fingerprint density at radius 1 is 0.903 bits per heavy atom. The van der Waals surface area contributed by atoms with Gasteiger partial charge in [-0.25, -0.2) is 4.98 Å². The number of hydrogen-bond donors (Lipinski definition) is 2. The number of ether oxygens (including phenoxy) is 4. The van der Waals surface area contributed by atoms with E-state index in [0.29, 0.717) is 28.2 Å². The molecule has 15 nitrogen and oxygen atoms in total. The molecule has 0 spiro atoms. The summed E-state index contributed by atoms with van der Waals surface area (Å²) >= 11 is 0. The number of aromatic amines is 1. The van der Waals surface area contributed by atoms with Gasteiger partial charge in [-0.2, -0.15) is 26.6 Å². The maximum Gasteiger partial charge on any atom is 0.522 e. The zero-order chi connectivity index (χ0) is 45.2. The summed E-state index contributed by atoms with van der Waals surface area (Å²) in [6, 6.07) is 23.9. The molecule has 1 amide bonds. The molecule has 5 aromatic rings. The number of fused-ring (bicyclic) bond motifs is 1. The first-order valence-corrected chi connectivity index (χ1v) is 23.3. The number of imidazole rings is 1. The molecule has 0 unspecified atom stereocenters. The van der Waals surface area contributed by atoms with E-state index in [1.54, 1.807) is 80.0 Å². The molecule has 0 radical (unpaired) electrons. The van der Waals surface area contributed by atoms with E-state index in [0.717, 1.165) is 0 Å². The Morgan fingerprint density at radius 2 is 1.45 bits per heavy atom. The van der Waals surface area contributed by atoms with E-state index in [4.69, 9.17) is 27.2 Å². The summed E-state index contributed by atoms with van der Waals surface area (Å²) in [6.45, 7) is 9.27. The van der Waals surface area contributed by atoms with Crippen LogP contribution in [0.3, 0.4) is 0 Å². The van der Waals surface area contributed by atoms with Gasteiger partial charge in [0.2, 0.25) is 11.9 Å². The molecule has 2 aromatic heterocycles. The third-order valence-electron chi connectivity index (χ3n) is 10.8. The minimum absolute atomic E-state index is 0.0281. The molecule has 3 aromatic carbocycles. The zero-order valence-electron chi connectivity index (χ0n) is 35.4. The Labute approximate surface area is 358 Å². The fourth-order valence-electron chi connectivity index (χ4n) is 7.49. The maximum atomic E-state index is 14.0. The Morgan fingerprint density at radius 3 is 1.95 bits per heavy atom. The molecule has 20 heteroatoms. The Bertz CT molecular complexity index is 2450. The van der Waals surface area contributed by atoms with Crippen LogP contribution in [-0.2, 0) is 38.3 Å². The number of carbonyl (C=O) groups is 1. The van der Waals surface area contributed by atoms with Gasteiger partial charge in [-0.1, -0.05) is 96.1 Å². The van der Waals surface area contributed by atoms with Crippen LogP contribution in [0.5, 0.6) is 11.5 Å². The number of anilines is 1. The van der Waals surface area contributed by atoms with E-state index < -0.39 is 76.7 Å². The third-order valence-corrected chi connectivity index (χ3v) is 17.2. The molecule has 0 bridgehead atoms. The first-order valence-electron chi connectivity index (χ1n) is 19.9. The van der Waals surface area contributed by atoms with Crippen molar-refractivity contribution >= 4 is 41.7 Å². The van der Waals surface area contributed by atoms with Crippen LogP contribution in [0, 0.1) is 5.92 Å². The second-order valence-corrected chi connectivity index (χ2v) is 21.8. The molecule has 0 saturated carbocycles. The average Bonchev–Trinajstić information content (AvgIpc) is 3.85. The summed E-state index contributed by atoms with van der Waals surface area (Å²) in [5.74, 6) is 0.188. The summed E-state index contributed by atoms with van der Waals surface area (Å²) in [7, 11) is -7.45. The van der Waals surface area contributed by atoms with Gasteiger partial charge in [-0.05, 0) is 52.0 Å². The minimum Gasteiger partial charge on any atom is -0.497 e. The Balaban J connectivity index is 1.50. The van der Waals surface area contributed by atoms with Gasteiger partial charge in [-0.3, -0.25) is 28.3 Å². The molecule has 62 heavy (non-hydrogen) atoms. The normalized spacial score (nSPS) is 17.6. The number of methoxy groups -OCH3 is 2. The summed E-state index contributed by atoms with van der Waals surface area (Å²) in [4.78, 5) is 37.0. The highest BCUT2D eigenvalue weighted by Gasteiger charge is 2.59. The third kappa shape index (κ3) is 9.16. The monoisotopic (exact) mass is 901 g/mol. The molecular formula is C42H50F3N5O10SSi. The van der Waals surface area contributed by atoms with Gasteiger partial charge < -0.3 is 23.4 Å². The van der Waals surface area contributed by atoms with Crippen molar-refractivity contribution in [1.29, 1.82) is 0 Å². The number of rotatable bonds is 17. The number of carbonyl (C=O) groups excluding carboxylic acids is 1. The molecule has 0 aliphatic carbocycles. The number of H-pyrrole nitrogens is 1. The number of alkyl halides is 3. The van der Waals surface area contributed by atoms with Crippen molar-refractivity contribution in [2.75, 3.05) is 26.1 Å². The second kappa shape index (κ2) is 18.3. The van der Waals surface area contributed by atoms with Crippen molar-refractivity contribution in [3.8, 4) is 11.5 Å². The van der Waals surface area contributed by atoms with Crippen LogP contribution in [0.25, 0.3) is 11.2 Å². The predicted octanol–water partition coefficient (Wildman–Crippen LogP) is 7.54. The molecule has 3 heterocycles. The second-order valence-electron chi connectivity index (χ2n) is 15.7. The van der Waals surface area contributed by atoms with E-state index in [-0.39, 0.29) is 30.1 Å². The summed E-state index contributed by atoms with van der Waals surface area (Å²) in [5.41, 5.74) is -7.37. The minimum atomic E-state index is -6.12. The number of nitrogens with zero attached hydrogens (tertiary/aromatic N) is 3. The van der Waals surface area contributed by atoms with Crippen LogP contribution < -0.4 is 20.3 Å². The molecule has 1 saturated heterocycles. The molecule has 334 valence electrons. The molecule has 3 atom stereocenters. The summed E-state index contributed by atoms with van der Waals surface area (Å²) in [6.07, 6.45) is -2.09. The van der Waals surface area contributed by atoms with Crippen LogP contribution in [0.2, 0.25) is 11.1 Å². The molecule has 1 fully saturated rings. The first-order chi connectivity index (χ1) is 29.3. The van der Waals surface area contributed by atoms with Gasteiger partial charge >= 0.3 is 24.2 Å². The summed E-state index contributed by atoms with van der Waals surface area (Å²) in [5, 5.41) is 2.58. The van der Waals surface area contributed by atoms with E-state index in [1.807, 2.05) is 54.6 Å². The molecule has 2 N–H and O–H groups in total. The van der Waals surface area contributed by atoms with Gasteiger partial charge in [0, 0.05) is 12.3 Å². The van der Waals surface area contributed by atoms with Crippen molar-refractivity contribution in [2.45, 2.75) is 88.6 Å². The Kier molecular flexibility index (Phi) is 13.7. The number of aromatic nitrogens is 4. The zero-order valence-corrected chi connectivity index (χ0v) is 37.2. The van der Waals surface area contributed by atoms with Gasteiger partial charge in [0.1, 0.15) is 29.4 Å². The van der Waals surface area contributed by atoms with Gasteiger partial charge in [0.15, 0.2) is 11.2 Å². The number of nitrogens with one attached hydrogen (secondary N) is 2. The van der Waals surface area contributed by atoms with Crippen LogP contribution in [0.15, 0.2) is 90.0 Å². The van der Waals surface area contributed by atoms with Crippen molar-refractivity contribution in [1.82, 2.24) is 19.5 Å².